The van der Waals surface area contributed by atoms with Gasteiger partial charge >= 0.3 is 0 Å². The van der Waals surface area contributed by atoms with Crippen LogP contribution >= 0.6 is 0 Å². The Kier molecular flexibility index (Phi) is 3.18. The predicted octanol–water partition coefficient (Wildman–Crippen LogP) is 1.12. The van der Waals surface area contributed by atoms with Gasteiger partial charge in [-0.05, 0) is 24.8 Å². The highest BCUT2D eigenvalue weighted by Gasteiger charge is 2.21. The van der Waals surface area contributed by atoms with Crippen molar-refractivity contribution in [3.05, 3.63) is 24.0 Å². The first kappa shape index (κ1) is 10.4. The third-order valence-corrected chi connectivity index (χ3v) is 2.83. The van der Waals surface area contributed by atoms with Gasteiger partial charge in [-0.2, -0.15) is 0 Å². The van der Waals surface area contributed by atoms with Crippen molar-refractivity contribution in [2.75, 3.05) is 18.9 Å². The largest absolute Gasteiger partial charge is 0.398 e. The molecule has 1 saturated heterocycles. The number of aliphatic hydroxyl groups is 1. The van der Waals surface area contributed by atoms with E-state index in [0.29, 0.717) is 18.0 Å². The van der Waals surface area contributed by atoms with E-state index < -0.39 is 6.10 Å². The lowest BCUT2D eigenvalue weighted by Gasteiger charge is -2.15. The molecule has 2 heterocycles. The Hall–Kier alpha value is -1.13. The maximum absolute atomic E-state index is 9.99. The first-order valence-electron chi connectivity index (χ1n) is 5.22. The van der Waals surface area contributed by atoms with E-state index in [4.69, 9.17) is 10.5 Å². The smallest absolute Gasteiger partial charge is 0.0828 e. The Labute approximate surface area is 89.1 Å². The van der Waals surface area contributed by atoms with Gasteiger partial charge in [-0.3, -0.25) is 4.98 Å². The third kappa shape index (κ3) is 2.46. The van der Waals surface area contributed by atoms with Crippen molar-refractivity contribution in [2.24, 2.45) is 5.92 Å². The molecule has 0 bridgehead atoms. The topological polar surface area (TPSA) is 68.4 Å². The highest BCUT2D eigenvalue weighted by atomic mass is 16.5. The number of nitrogens with two attached hydrogens (primary N) is 1. The fraction of sp³-hybridized carbons (Fsp3) is 0.545. The summed E-state index contributed by atoms with van der Waals surface area (Å²) in [5, 5.41) is 9.99. The van der Waals surface area contributed by atoms with E-state index >= 15 is 0 Å². The van der Waals surface area contributed by atoms with E-state index in [0.717, 1.165) is 25.2 Å². The summed E-state index contributed by atoms with van der Waals surface area (Å²) in [5.41, 5.74) is 7.10. The van der Waals surface area contributed by atoms with Gasteiger partial charge in [-0.25, -0.2) is 0 Å². The molecule has 0 amide bonds. The molecule has 2 unspecified atom stereocenters. The van der Waals surface area contributed by atoms with E-state index in [1.54, 1.807) is 18.5 Å². The van der Waals surface area contributed by atoms with Crippen LogP contribution < -0.4 is 5.73 Å². The Bertz CT molecular complexity index is 324. The molecule has 3 N–H and O–H groups in total. The maximum Gasteiger partial charge on any atom is 0.0828 e. The van der Waals surface area contributed by atoms with E-state index in [2.05, 4.69) is 4.98 Å². The first-order valence-corrected chi connectivity index (χ1v) is 5.22. The van der Waals surface area contributed by atoms with Gasteiger partial charge in [0.15, 0.2) is 0 Å². The Morgan fingerprint density at radius 3 is 3.20 bits per heavy atom. The van der Waals surface area contributed by atoms with Gasteiger partial charge in [0, 0.05) is 36.9 Å². The number of pyridine rings is 1. The van der Waals surface area contributed by atoms with Crippen LogP contribution in [0.5, 0.6) is 0 Å². The van der Waals surface area contributed by atoms with Crippen molar-refractivity contribution < 1.29 is 9.84 Å². The number of anilines is 1. The van der Waals surface area contributed by atoms with Gasteiger partial charge in [-0.1, -0.05) is 0 Å². The van der Waals surface area contributed by atoms with Crippen LogP contribution in [0.15, 0.2) is 18.5 Å². The molecule has 2 rings (SSSR count). The molecule has 4 nitrogen and oxygen atoms in total. The molecule has 0 radical (unpaired) electrons. The average Bonchev–Trinajstić information content (AvgIpc) is 2.71. The zero-order chi connectivity index (χ0) is 10.7. The van der Waals surface area contributed by atoms with Crippen molar-refractivity contribution in [3.63, 3.8) is 0 Å². The average molecular weight is 208 g/mol. The summed E-state index contributed by atoms with van der Waals surface area (Å²) in [6, 6.07) is 1.71. The molecule has 1 aromatic heterocycles. The summed E-state index contributed by atoms with van der Waals surface area (Å²) in [6.07, 6.45) is 4.47. The third-order valence-electron chi connectivity index (χ3n) is 2.83. The number of nitrogens with zero attached hydrogens (tertiary/aromatic N) is 1. The van der Waals surface area contributed by atoms with E-state index in [1.807, 2.05) is 0 Å². The minimum absolute atomic E-state index is 0.444. The molecule has 1 fully saturated rings. The van der Waals surface area contributed by atoms with Crippen molar-refractivity contribution in [1.82, 2.24) is 4.98 Å². The summed E-state index contributed by atoms with van der Waals surface area (Å²) >= 11 is 0. The van der Waals surface area contributed by atoms with E-state index in [9.17, 15) is 5.11 Å². The van der Waals surface area contributed by atoms with Crippen LogP contribution in [0, 0.1) is 5.92 Å². The summed E-state index contributed by atoms with van der Waals surface area (Å²) in [4.78, 5) is 3.97. The highest BCUT2D eigenvalue weighted by molar-refractivity contribution is 5.45. The predicted molar refractivity (Wildman–Crippen MR) is 57.2 cm³/mol. The van der Waals surface area contributed by atoms with Crippen LogP contribution in [-0.4, -0.2) is 23.3 Å². The van der Waals surface area contributed by atoms with Gasteiger partial charge in [-0.15, -0.1) is 0 Å². The normalized spacial score (nSPS) is 22.9. The first-order chi connectivity index (χ1) is 7.27. The van der Waals surface area contributed by atoms with Crippen LogP contribution in [0.2, 0.25) is 0 Å². The lowest BCUT2D eigenvalue weighted by atomic mass is 9.96. The zero-order valence-electron chi connectivity index (χ0n) is 8.60. The van der Waals surface area contributed by atoms with Gasteiger partial charge in [0.2, 0.25) is 0 Å². The van der Waals surface area contributed by atoms with Crippen molar-refractivity contribution >= 4 is 5.69 Å². The quantitative estimate of drug-likeness (QED) is 0.781. The second-order valence-corrected chi connectivity index (χ2v) is 3.99. The lowest BCUT2D eigenvalue weighted by Crippen LogP contribution is -2.09. The van der Waals surface area contributed by atoms with Gasteiger partial charge in [0.05, 0.1) is 6.10 Å². The molecule has 1 aromatic rings. The molecule has 1 aliphatic rings. The molecule has 4 heteroatoms. The van der Waals surface area contributed by atoms with Crippen LogP contribution in [0.1, 0.15) is 24.5 Å². The Morgan fingerprint density at radius 2 is 2.53 bits per heavy atom. The molecule has 1 aliphatic heterocycles. The fourth-order valence-electron chi connectivity index (χ4n) is 1.91. The van der Waals surface area contributed by atoms with Crippen LogP contribution in [-0.2, 0) is 4.74 Å². The molecular weight excluding hydrogens is 192 g/mol. The minimum atomic E-state index is -0.523. The molecule has 0 saturated carbocycles. The number of hydrogen-bond donors (Lipinski definition) is 2. The van der Waals surface area contributed by atoms with Crippen LogP contribution in [0.3, 0.4) is 0 Å². The summed E-state index contributed by atoms with van der Waals surface area (Å²) in [6.45, 7) is 1.55. The highest BCUT2D eigenvalue weighted by Crippen LogP contribution is 2.28. The maximum atomic E-state index is 9.99. The Balaban J connectivity index is 2.00. The van der Waals surface area contributed by atoms with Gasteiger partial charge in [0.25, 0.3) is 0 Å². The number of rotatable bonds is 3. The van der Waals surface area contributed by atoms with Crippen molar-refractivity contribution in [2.45, 2.75) is 18.9 Å². The lowest BCUT2D eigenvalue weighted by molar-refractivity contribution is 0.130. The van der Waals surface area contributed by atoms with Crippen LogP contribution in [0.25, 0.3) is 0 Å². The summed E-state index contributed by atoms with van der Waals surface area (Å²) < 4.78 is 5.27. The molecule has 0 spiro atoms. The van der Waals surface area contributed by atoms with Crippen LogP contribution in [0.4, 0.5) is 5.69 Å². The molecule has 82 valence electrons. The number of hydrogen-bond acceptors (Lipinski definition) is 4. The summed E-state index contributed by atoms with van der Waals surface area (Å²) in [7, 11) is 0. The monoisotopic (exact) mass is 208 g/mol. The number of nitrogen functional groups attached to an aromatic ring is 1. The van der Waals surface area contributed by atoms with Crippen molar-refractivity contribution in [1.29, 1.82) is 0 Å². The van der Waals surface area contributed by atoms with E-state index in [1.165, 1.54) is 0 Å². The molecule has 0 aliphatic carbocycles. The molecule has 0 aromatic carbocycles. The second-order valence-electron chi connectivity index (χ2n) is 3.99. The van der Waals surface area contributed by atoms with E-state index in [-0.39, 0.29) is 0 Å². The fourth-order valence-corrected chi connectivity index (χ4v) is 1.91. The van der Waals surface area contributed by atoms with Gasteiger partial charge < -0.3 is 15.6 Å². The molecule has 2 atom stereocenters. The number of aromatic nitrogens is 1. The minimum Gasteiger partial charge on any atom is -0.398 e. The molecular formula is C11H16N2O2. The Morgan fingerprint density at radius 1 is 1.67 bits per heavy atom. The number of ether oxygens (including phenoxy) is 1. The number of aliphatic hydroxyl groups excluding tert-OH is 1. The SMILES string of the molecule is Nc1ccncc1C(O)CC1CCOC1. The van der Waals surface area contributed by atoms with Crippen molar-refractivity contribution in [3.8, 4) is 0 Å². The summed E-state index contributed by atoms with van der Waals surface area (Å²) in [5.74, 6) is 0.444. The molecule has 15 heavy (non-hydrogen) atoms. The second kappa shape index (κ2) is 4.59. The zero-order valence-corrected chi connectivity index (χ0v) is 8.60. The van der Waals surface area contributed by atoms with Gasteiger partial charge in [0.1, 0.15) is 0 Å². The standard InChI is InChI=1S/C11H16N2O2/c12-10-1-3-13-6-9(10)11(14)5-8-2-4-15-7-8/h1,3,6,8,11,14H,2,4-5,7H2,(H2,12,13).